The highest BCUT2D eigenvalue weighted by Crippen LogP contribution is 2.49. The van der Waals surface area contributed by atoms with Gasteiger partial charge in [-0.1, -0.05) is 62.3 Å². The van der Waals surface area contributed by atoms with Gasteiger partial charge in [0.15, 0.2) is 0 Å². The van der Waals surface area contributed by atoms with Gasteiger partial charge in [-0.25, -0.2) is 32.9 Å². The molecule has 3 aliphatic rings. The van der Waals surface area contributed by atoms with Crippen molar-refractivity contribution in [2.75, 3.05) is 79.1 Å². The van der Waals surface area contributed by atoms with Crippen molar-refractivity contribution in [1.29, 1.82) is 0 Å². The van der Waals surface area contributed by atoms with Gasteiger partial charge < -0.3 is 30.6 Å². The van der Waals surface area contributed by atoms with Crippen LogP contribution in [-0.2, 0) is 34.1 Å². The molecule has 0 radical (unpaired) electrons. The van der Waals surface area contributed by atoms with E-state index in [1.807, 2.05) is 6.92 Å². The van der Waals surface area contributed by atoms with Crippen molar-refractivity contribution >= 4 is 6.41 Å². The Kier molecular flexibility index (Phi) is 21.4. The predicted octanol–water partition coefficient (Wildman–Crippen LogP) is -0.0340. The third-order valence-electron chi connectivity index (χ3n) is 14.5. The summed E-state index contributed by atoms with van der Waals surface area (Å²) in [6, 6.07) is -0.487. The molecule has 7 atom stereocenters. The highest BCUT2D eigenvalue weighted by Gasteiger charge is 2.47. The van der Waals surface area contributed by atoms with Crippen LogP contribution in [0.1, 0.15) is 127 Å². The van der Waals surface area contributed by atoms with Crippen molar-refractivity contribution in [1.82, 2.24) is 40.3 Å². The fourth-order valence-corrected chi connectivity index (χ4v) is 13.4. The molecule has 0 saturated heterocycles. The van der Waals surface area contributed by atoms with Crippen LogP contribution < -0.4 is 38.6 Å². The van der Waals surface area contributed by atoms with Crippen molar-refractivity contribution < 1.29 is 49.7 Å². The molecular weight excluding hydrogens is 895 g/mol. The predicted molar refractivity (Wildman–Crippen MR) is 261 cm³/mol. The second-order valence-electron chi connectivity index (χ2n) is 24.3. The first-order chi connectivity index (χ1) is 32.2. The second kappa shape index (κ2) is 25.0. The van der Waals surface area contributed by atoms with Gasteiger partial charge in [-0.15, -0.1) is 0 Å². The maximum absolute atomic E-state index is 15.2. The van der Waals surface area contributed by atoms with Crippen molar-refractivity contribution in [2.24, 2.45) is 32.5 Å². The number of amides is 1. The van der Waals surface area contributed by atoms with Gasteiger partial charge in [0.05, 0.1) is 39.1 Å². The molecule has 3 saturated carbocycles. The number of aromatic nitrogens is 3. The molecule has 69 heavy (non-hydrogen) atoms. The van der Waals surface area contributed by atoms with Crippen molar-refractivity contribution in [3.8, 4) is 0 Å². The lowest BCUT2D eigenvalue weighted by Crippen LogP contribution is -2.65. The number of aliphatic hydroxyl groups is 6. The molecule has 0 spiro atoms. The van der Waals surface area contributed by atoms with Gasteiger partial charge in [0.2, 0.25) is 0 Å². The van der Waals surface area contributed by atoms with E-state index in [0.29, 0.717) is 51.4 Å². The lowest BCUT2D eigenvalue weighted by molar-refractivity contribution is -0.894. The summed E-state index contributed by atoms with van der Waals surface area (Å²) < 4.78 is 3.45. The normalized spacial score (nSPS) is 28.5. The topological polar surface area (TPSA) is 274 Å². The lowest BCUT2D eigenvalue weighted by atomic mass is 9.62. The minimum absolute atomic E-state index is 0.00294. The van der Waals surface area contributed by atoms with Crippen LogP contribution in [-0.4, -0.2) is 164 Å². The van der Waals surface area contributed by atoms with Crippen molar-refractivity contribution in [3.05, 3.63) is 31.5 Å². The maximum Gasteiger partial charge on any atom is 0.336 e. The zero-order valence-electron chi connectivity index (χ0n) is 43.4. The number of hydrogen-bond donors (Lipinski definition) is 10. The van der Waals surface area contributed by atoms with Gasteiger partial charge in [-0.3, -0.25) is 20.3 Å². The van der Waals surface area contributed by atoms with E-state index in [9.17, 15) is 35.4 Å². The van der Waals surface area contributed by atoms with E-state index in [1.165, 1.54) is 18.8 Å². The Hall–Kier alpha value is -2.48. The number of hydrogen-bond acceptors (Lipinski definition) is 17. The summed E-state index contributed by atoms with van der Waals surface area (Å²) >= 11 is 0. The van der Waals surface area contributed by atoms with E-state index in [1.54, 1.807) is 0 Å². The number of nitrogens with zero attached hydrogens (tertiary/aromatic N) is 5. The summed E-state index contributed by atoms with van der Waals surface area (Å²) in [5, 5.41) is 66.5. The standard InChI is InChI=1S/C48H92N9O12/c1-43(2)22-36(49-34-68-53(12-18-60)13-19-61)25-46(7,28-43)31-54-40(65)55(32-47(8)26-37(23-44(3,4)29-47)51-39(10-16-58)69-50-11-17-59)42(67)56(41(54)66)33-48(9)27-38(24-45(5,6)30-48)52-57(35-64,14-20-62)15-21-63/h35-39,49-52,58-63H,10-34H2,1-9H3/q+1. The summed E-state index contributed by atoms with van der Waals surface area (Å²) in [6.07, 6.45) is 6.22. The van der Waals surface area contributed by atoms with E-state index < -0.39 is 39.5 Å². The summed E-state index contributed by atoms with van der Waals surface area (Å²) in [7, 11) is 0. The Morgan fingerprint density at radius 3 is 1.48 bits per heavy atom. The molecule has 400 valence electrons. The van der Waals surface area contributed by atoms with Gasteiger partial charge in [0.25, 0.3) is 0 Å². The molecule has 21 heteroatoms. The molecule has 3 aliphatic carbocycles. The Morgan fingerprint density at radius 2 is 1.06 bits per heavy atom. The number of rotatable bonds is 29. The Morgan fingerprint density at radius 1 is 0.623 bits per heavy atom. The van der Waals surface area contributed by atoms with Gasteiger partial charge in [0.1, 0.15) is 26.0 Å². The highest BCUT2D eigenvalue weighted by molar-refractivity contribution is 5.37. The van der Waals surface area contributed by atoms with Crippen molar-refractivity contribution in [3.63, 3.8) is 0 Å². The highest BCUT2D eigenvalue weighted by atomic mass is 16.7. The number of quaternary nitrogens is 1. The van der Waals surface area contributed by atoms with E-state index >= 15 is 14.4 Å². The molecule has 1 amide bonds. The van der Waals surface area contributed by atoms with E-state index in [2.05, 4.69) is 76.9 Å². The molecule has 1 aromatic heterocycles. The van der Waals surface area contributed by atoms with Crippen LogP contribution in [0.5, 0.6) is 0 Å². The van der Waals surface area contributed by atoms with Crippen LogP contribution in [0, 0.1) is 32.5 Å². The minimum Gasteiger partial charge on any atom is -0.396 e. The summed E-state index contributed by atoms with van der Waals surface area (Å²) in [5.41, 5.74) is 1.51. The van der Waals surface area contributed by atoms with Crippen LogP contribution in [0.2, 0.25) is 0 Å². The molecule has 0 aromatic carbocycles. The van der Waals surface area contributed by atoms with Crippen LogP contribution in [0.4, 0.5) is 0 Å². The maximum atomic E-state index is 15.2. The van der Waals surface area contributed by atoms with E-state index in [4.69, 9.17) is 9.68 Å². The van der Waals surface area contributed by atoms with Crippen LogP contribution in [0.25, 0.3) is 0 Å². The molecule has 21 nitrogen and oxygen atoms in total. The number of carbonyl (C=O) groups excluding carboxylic acids is 1. The first kappa shape index (κ1) is 59.1. The summed E-state index contributed by atoms with van der Waals surface area (Å²) in [6.45, 7) is 19.0. The Balaban J connectivity index is 1.81. The summed E-state index contributed by atoms with van der Waals surface area (Å²) in [4.78, 5) is 69.7. The van der Waals surface area contributed by atoms with Gasteiger partial charge in [-0.05, 0) is 90.3 Å². The van der Waals surface area contributed by atoms with Crippen LogP contribution in [0.3, 0.4) is 0 Å². The van der Waals surface area contributed by atoms with Crippen molar-refractivity contribution in [2.45, 2.75) is 171 Å². The molecule has 1 heterocycles. The smallest absolute Gasteiger partial charge is 0.336 e. The molecule has 3 fully saturated rings. The van der Waals surface area contributed by atoms with Crippen LogP contribution >= 0.6 is 0 Å². The van der Waals surface area contributed by atoms with E-state index in [0.717, 1.165) is 12.8 Å². The molecular formula is C48H92N9O12+. The zero-order valence-corrected chi connectivity index (χ0v) is 43.4. The monoisotopic (exact) mass is 987 g/mol. The second-order valence-corrected chi connectivity index (χ2v) is 24.3. The number of carbonyl (C=O) groups is 1. The number of nitrogens with one attached hydrogen (secondary N) is 4. The molecule has 7 unspecified atom stereocenters. The first-order valence-electron chi connectivity index (χ1n) is 25.2. The van der Waals surface area contributed by atoms with E-state index in [-0.39, 0.29) is 144 Å². The molecule has 1 aromatic rings. The number of aliphatic hydroxyl groups excluding tert-OH is 6. The summed E-state index contributed by atoms with van der Waals surface area (Å²) in [5.74, 6) is 0. The lowest BCUT2D eigenvalue weighted by Gasteiger charge is -2.49. The number of hydroxylamine groups is 3. The quantitative estimate of drug-likeness (QED) is 0.0166. The molecule has 0 bridgehead atoms. The molecule has 10 N–H and O–H groups in total. The average molecular weight is 987 g/mol. The fraction of sp³-hybridized carbons (Fsp3) is 0.917. The van der Waals surface area contributed by atoms with Gasteiger partial charge in [0, 0.05) is 64.4 Å². The van der Waals surface area contributed by atoms with Crippen LogP contribution in [0.15, 0.2) is 14.4 Å². The third-order valence-corrected chi connectivity index (χ3v) is 14.5. The molecule has 4 rings (SSSR count). The first-order valence-corrected chi connectivity index (χ1v) is 25.2. The average Bonchev–Trinajstić information content (AvgIpc) is 3.21. The Labute approximate surface area is 409 Å². The third kappa shape index (κ3) is 17.0. The Bertz CT molecular complexity index is 1950. The van der Waals surface area contributed by atoms with Gasteiger partial charge in [-0.2, -0.15) is 20.6 Å². The largest absolute Gasteiger partial charge is 0.396 e. The zero-order chi connectivity index (χ0) is 51.5. The SMILES string of the molecule is CC1(C)CC(NCON(CCO)CCO)CC(C)(Cn2c(=O)n(CC3(C)CC(NC(CCO)ONCCO)CC(C)(C)C3)c(=O)n(CC3(C)CC(N[N+](C=O)(CCO)CCO)CC(C)(C)C3)c2=O)C1. The fourth-order valence-electron chi connectivity index (χ4n) is 13.4. The minimum atomic E-state index is -0.682. The molecule has 0 aliphatic heterocycles. The van der Waals surface area contributed by atoms with Gasteiger partial charge >= 0.3 is 23.5 Å².